The van der Waals surface area contributed by atoms with Crippen molar-refractivity contribution in [3.63, 3.8) is 0 Å². The lowest BCUT2D eigenvalue weighted by Crippen LogP contribution is -2.13. The highest BCUT2D eigenvalue weighted by atomic mass is 32.1. The normalized spacial score (nSPS) is 25.3. The van der Waals surface area contributed by atoms with Gasteiger partial charge >= 0.3 is 0 Å². The summed E-state index contributed by atoms with van der Waals surface area (Å²) in [6.07, 6.45) is 9.17. The quantitative estimate of drug-likeness (QED) is 0.434. The highest BCUT2D eigenvalue weighted by molar-refractivity contribution is 7.83. The van der Waals surface area contributed by atoms with Crippen LogP contribution in [0, 0.1) is 0 Å². The first-order valence-electron chi connectivity index (χ1n) is 4.09. The van der Waals surface area contributed by atoms with Crippen molar-refractivity contribution in [3.05, 3.63) is 11.5 Å². The minimum Gasteiger partial charge on any atom is -0.152 e. The highest BCUT2D eigenvalue weighted by Gasteiger charge is 2.22. The topological polar surface area (TPSA) is 0 Å². The van der Waals surface area contributed by atoms with Crippen molar-refractivity contribution in [2.75, 3.05) is 0 Å². The predicted molar refractivity (Wildman–Crippen MR) is 52.4 cm³/mol. The van der Waals surface area contributed by atoms with Crippen molar-refractivity contribution in [2.24, 2.45) is 0 Å². The Morgan fingerprint density at radius 2 is 1.80 bits per heavy atom. The van der Waals surface area contributed by atoms with Crippen molar-refractivity contribution >= 4 is 20.5 Å². The predicted octanol–water partition coefficient (Wildman–Crippen LogP) is 2.19. The molecule has 0 amide bonds. The van der Waals surface area contributed by atoms with E-state index in [9.17, 15) is 0 Å². The minimum absolute atomic E-state index is 0.472. The second-order valence-corrected chi connectivity index (χ2v) is 3.83. The van der Waals surface area contributed by atoms with Gasteiger partial charge in [-0.25, -0.2) is 0 Å². The molecule has 56 valence electrons. The van der Waals surface area contributed by atoms with Crippen LogP contribution in [0.4, 0.5) is 0 Å². The zero-order valence-corrected chi connectivity index (χ0v) is 7.53. The Labute approximate surface area is 69.9 Å². The molecule has 1 rings (SSSR count). The molecule has 0 saturated heterocycles. The average Bonchev–Trinajstić information content (AvgIpc) is 1.89. The van der Waals surface area contributed by atoms with Crippen molar-refractivity contribution in [3.8, 4) is 0 Å². The summed E-state index contributed by atoms with van der Waals surface area (Å²) >= 11 is 4.10. The summed E-state index contributed by atoms with van der Waals surface area (Å²) in [5.74, 6) is 0. The lowest BCUT2D eigenvalue weighted by molar-refractivity contribution is 0.437. The van der Waals surface area contributed by atoms with Crippen LogP contribution < -0.4 is 0 Å². The third-order valence-electron chi connectivity index (χ3n) is 2.47. The monoisotopic (exact) mass is 154 g/mol. The molecule has 0 unspecified atom stereocenters. The van der Waals surface area contributed by atoms with Crippen molar-refractivity contribution in [1.29, 1.82) is 0 Å². The maximum absolute atomic E-state index is 4.10. The van der Waals surface area contributed by atoms with E-state index in [0.29, 0.717) is 5.31 Å². The maximum Gasteiger partial charge on any atom is 0.114 e. The summed E-state index contributed by atoms with van der Waals surface area (Å²) in [6.45, 7) is 0. The van der Waals surface area contributed by atoms with Crippen LogP contribution in [0.1, 0.15) is 32.1 Å². The molecule has 10 heavy (non-hydrogen) atoms. The standard InChI is InChI=1S/C8H15BS/c9-8(6-7-10)4-2-1-3-5-8/h6-7,10H,1-5,9H2/b7-6+. The van der Waals surface area contributed by atoms with Crippen molar-refractivity contribution in [1.82, 2.24) is 0 Å². The molecule has 1 aliphatic carbocycles. The van der Waals surface area contributed by atoms with Gasteiger partial charge in [-0.05, 0) is 10.7 Å². The summed E-state index contributed by atoms with van der Waals surface area (Å²) in [7, 11) is 2.33. The van der Waals surface area contributed by atoms with E-state index in [-0.39, 0.29) is 0 Å². The molecule has 0 aliphatic heterocycles. The van der Waals surface area contributed by atoms with Crippen LogP contribution in [0.3, 0.4) is 0 Å². The lowest BCUT2D eigenvalue weighted by Gasteiger charge is -2.30. The molecule has 0 aromatic rings. The van der Waals surface area contributed by atoms with Crippen molar-refractivity contribution < 1.29 is 0 Å². The number of rotatable bonds is 1. The van der Waals surface area contributed by atoms with Gasteiger partial charge in [0.25, 0.3) is 0 Å². The summed E-state index contributed by atoms with van der Waals surface area (Å²) in [6, 6.07) is 0. The Bertz CT molecular complexity index is 125. The van der Waals surface area contributed by atoms with Crippen LogP contribution in [0.15, 0.2) is 11.5 Å². The van der Waals surface area contributed by atoms with Crippen LogP contribution in [0.5, 0.6) is 0 Å². The van der Waals surface area contributed by atoms with Crippen LogP contribution in [0.2, 0.25) is 5.31 Å². The fourth-order valence-corrected chi connectivity index (χ4v) is 2.07. The van der Waals surface area contributed by atoms with Gasteiger partial charge in [-0.15, -0.1) is 0 Å². The van der Waals surface area contributed by atoms with Gasteiger partial charge in [-0.3, -0.25) is 0 Å². The van der Waals surface area contributed by atoms with Crippen LogP contribution >= 0.6 is 12.6 Å². The van der Waals surface area contributed by atoms with E-state index in [1.165, 1.54) is 32.1 Å². The van der Waals surface area contributed by atoms with Crippen LogP contribution in [-0.2, 0) is 0 Å². The van der Waals surface area contributed by atoms with Gasteiger partial charge in [-0.1, -0.05) is 38.2 Å². The van der Waals surface area contributed by atoms with E-state index >= 15 is 0 Å². The largest absolute Gasteiger partial charge is 0.152 e. The van der Waals surface area contributed by atoms with Gasteiger partial charge in [0.2, 0.25) is 0 Å². The SMILES string of the molecule is BC1(/C=C/S)CCCCC1. The lowest BCUT2D eigenvalue weighted by atomic mass is 9.60. The minimum atomic E-state index is 0.472. The molecule has 0 nitrogen and oxygen atoms in total. The molecule has 0 heterocycles. The molecule has 1 saturated carbocycles. The van der Waals surface area contributed by atoms with Crippen LogP contribution in [0.25, 0.3) is 0 Å². The van der Waals surface area contributed by atoms with Gasteiger partial charge in [0.15, 0.2) is 0 Å². The Hall–Kier alpha value is 0.155. The van der Waals surface area contributed by atoms with E-state index in [4.69, 9.17) is 0 Å². The van der Waals surface area contributed by atoms with Crippen molar-refractivity contribution in [2.45, 2.75) is 37.4 Å². The van der Waals surface area contributed by atoms with Gasteiger partial charge in [-0.2, -0.15) is 12.6 Å². The Morgan fingerprint density at radius 3 is 2.30 bits per heavy atom. The molecule has 0 N–H and O–H groups in total. The summed E-state index contributed by atoms with van der Waals surface area (Å²) < 4.78 is 0. The molecule has 1 aliphatic rings. The van der Waals surface area contributed by atoms with E-state index in [2.05, 4.69) is 26.6 Å². The Balaban J connectivity index is 2.48. The zero-order chi connectivity index (χ0) is 7.45. The molecule has 1 fully saturated rings. The molecule has 0 aromatic carbocycles. The molecular weight excluding hydrogens is 139 g/mol. The van der Waals surface area contributed by atoms with E-state index in [1.807, 2.05) is 5.41 Å². The summed E-state index contributed by atoms with van der Waals surface area (Å²) in [5.41, 5.74) is 0. The number of hydrogen-bond donors (Lipinski definition) is 1. The highest BCUT2D eigenvalue weighted by Crippen LogP contribution is 2.40. The molecule has 0 spiro atoms. The second-order valence-electron chi connectivity index (χ2n) is 3.53. The number of hydrogen-bond acceptors (Lipinski definition) is 1. The third-order valence-corrected chi connectivity index (χ3v) is 2.62. The Kier molecular flexibility index (Phi) is 2.90. The fourth-order valence-electron chi connectivity index (χ4n) is 1.71. The smallest absolute Gasteiger partial charge is 0.114 e. The maximum atomic E-state index is 4.10. The fraction of sp³-hybridized carbons (Fsp3) is 0.750. The molecule has 2 heteroatoms. The summed E-state index contributed by atoms with van der Waals surface area (Å²) in [5, 5.41) is 2.37. The van der Waals surface area contributed by atoms with Crippen LogP contribution in [-0.4, -0.2) is 7.85 Å². The average molecular weight is 154 g/mol. The second kappa shape index (κ2) is 3.52. The Morgan fingerprint density at radius 1 is 1.20 bits per heavy atom. The molecule has 0 bridgehead atoms. The first-order chi connectivity index (χ1) is 4.77. The zero-order valence-electron chi connectivity index (χ0n) is 6.64. The molecular formula is C8H15BS. The summed E-state index contributed by atoms with van der Waals surface area (Å²) in [4.78, 5) is 0. The van der Waals surface area contributed by atoms with E-state index in [1.54, 1.807) is 0 Å². The van der Waals surface area contributed by atoms with Gasteiger partial charge < -0.3 is 0 Å². The van der Waals surface area contributed by atoms with E-state index < -0.39 is 0 Å². The number of thiol groups is 1. The first-order valence-corrected chi connectivity index (χ1v) is 4.60. The molecule has 0 atom stereocenters. The van der Waals surface area contributed by atoms with Gasteiger partial charge in [0.05, 0.1) is 0 Å². The number of allylic oxidation sites excluding steroid dienone is 1. The molecule has 0 radical (unpaired) electrons. The first kappa shape index (κ1) is 8.25. The van der Waals surface area contributed by atoms with Gasteiger partial charge in [0.1, 0.15) is 7.85 Å². The van der Waals surface area contributed by atoms with Gasteiger partial charge in [0, 0.05) is 0 Å². The molecule has 0 aromatic heterocycles. The van der Waals surface area contributed by atoms with E-state index in [0.717, 1.165) is 0 Å². The third kappa shape index (κ3) is 2.08.